The number of benzene rings is 1. The molecule has 1 atom stereocenters. The van der Waals surface area contributed by atoms with Crippen LogP contribution in [0.4, 0.5) is 4.39 Å². The number of nitrogens with zero attached hydrogens (tertiary/aromatic N) is 4. The molecule has 0 spiro atoms. The maximum Gasteiger partial charge on any atom is 0.254 e. The minimum atomic E-state index is -0.531. The molecule has 3 aromatic rings. The van der Waals surface area contributed by atoms with Crippen LogP contribution < -0.4 is 4.74 Å². The third kappa shape index (κ3) is 3.72. The van der Waals surface area contributed by atoms with Crippen LogP contribution in [-0.4, -0.2) is 45.5 Å². The van der Waals surface area contributed by atoms with Crippen molar-refractivity contribution >= 4 is 5.91 Å². The van der Waals surface area contributed by atoms with E-state index in [0.717, 1.165) is 29.9 Å². The summed E-state index contributed by atoms with van der Waals surface area (Å²) in [4.78, 5) is 23.6. The molecule has 1 aliphatic heterocycles. The van der Waals surface area contributed by atoms with Gasteiger partial charge in [0.05, 0.1) is 13.2 Å². The second-order valence-corrected chi connectivity index (χ2v) is 7.23. The van der Waals surface area contributed by atoms with Crippen LogP contribution in [0.1, 0.15) is 34.9 Å². The second-order valence-electron chi connectivity index (χ2n) is 7.23. The molecule has 6 nitrogen and oxygen atoms in total. The highest BCUT2D eigenvalue weighted by atomic mass is 19.1. The van der Waals surface area contributed by atoms with Crippen LogP contribution in [0.25, 0.3) is 11.4 Å². The Morgan fingerprint density at radius 2 is 2.14 bits per heavy atom. The lowest BCUT2D eigenvalue weighted by atomic mass is 10.0. The average Bonchev–Trinajstić information content (AvgIpc) is 3.15. The number of piperidine rings is 1. The molecule has 1 aliphatic rings. The average molecular weight is 394 g/mol. The van der Waals surface area contributed by atoms with Crippen molar-refractivity contribution in [3.8, 4) is 17.1 Å². The molecule has 0 saturated carbocycles. The van der Waals surface area contributed by atoms with Crippen LogP contribution in [0.2, 0.25) is 0 Å². The molecule has 150 valence electrons. The molecule has 7 heteroatoms. The van der Waals surface area contributed by atoms with Gasteiger partial charge in [0.2, 0.25) is 0 Å². The second kappa shape index (κ2) is 8.03. The largest absolute Gasteiger partial charge is 0.494 e. The molecule has 29 heavy (non-hydrogen) atoms. The molecule has 1 saturated heterocycles. The first-order valence-corrected chi connectivity index (χ1v) is 9.65. The number of imidazole rings is 1. The summed E-state index contributed by atoms with van der Waals surface area (Å²) in [6, 6.07) is 8.32. The van der Waals surface area contributed by atoms with E-state index in [1.165, 1.54) is 19.2 Å². The van der Waals surface area contributed by atoms with Gasteiger partial charge in [-0.1, -0.05) is 0 Å². The van der Waals surface area contributed by atoms with E-state index >= 15 is 0 Å². The molecule has 0 bridgehead atoms. The first kappa shape index (κ1) is 19.1. The fourth-order valence-corrected chi connectivity index (χ4v) is 3.95. The highest BCUT2D eigenvalue weighted by Gasteiger charge is 2.28. The van der Waals surface area contributed by atoms with Gasteiger partial charge in [0, 0.05) is 48.5 Å². The van der Waals surface area contributed by atoms with E-state index in [1.54, 1.807) is 23.4 Å². The normalized spacial score (nSPS) is 16.7. The molecule has 0 N–H and O–H groups in total. The van der Waals surface area contributed by atoms with Crippen LogP contribution in [0.5, 0.6) is 5.75 Å². The van der Waals surface area contributed by atoms with Gasteiger partial charge in [-0.25, -0.2) is 9.37 Å². The number of rotatable bonds is 4. The Kier molecular flexibility index (Phi) is 5.29. The molecule has 1 aromatic carbocycles. The minimum absolute atomic E-state index is 0.105. The molecule has 3 heterocycles. The Hall–Kier alpha value is -3.22. The van der Waals surface area contributed by atoms with Gasteiger partial charge < -0.3 is 14.2 Å². The number of aromatic nitrogens is 3. The van der Waals surface area contributed by atoms with Gasteiger partial charge >= 0.3 is 0 Å². The number of halogens is 1. The molecule has 1 amide bonds. The number of carbonyl (C=O) groups is 1. The van der Waals surface area contributed by atoms with E-state index in [9.17, 15) is 9.18 Å². The van der Waals surface area contributed by atoms with Crippen LogP contribution in [0, 0.1) is 12.7 Å². The number of amides is 1. The fraction of sp³-hybridized carbons (Fsp3) is 0.318. The van der Waals surface area contributed by atoms with E-state index in [-0.39, 0.29) is 17.7 Å². The number of hydrogen-bond donors (Lipinski definition) is 0. The summed E-state index contributed by atoms with van der Waals surface area (Å²) in [5.74, 6) is 0.284. The third-order valence-electron chi connectivity index (χ3n) is 5.35. The topological polar surface area (TPSA) is 60.2 Å². The predicted molar refractivity (Wildman–Crippen MR) is 107 cm³/mol. The van der Waals surface area contributed by atoms with Gasteiger partial charge in [0.15, 0.2) is 11.6 Å². The van der Waals surface area contributed by atoms with Gasteiger partial charge in [-0.15, -0.1) is 0 Å². The SMILES string of the molecule is COc1ccc(C(=O)N2CCCC(n3c(C)cnc3-c3cccnc3)C2)cc1F. The molecule has 1 fully saturated rings. The van der Waals surface area contributed by atoms with E-state index in [0.29, 0.717) is 18.7 Å². The van der Waals surface area contributed by atoms with E-state index in [4.69, 9.17) is 4.74 Å². The van der Waals surface area contributed by atoms with Crippen molar-refractivity contribution in [2.45, 2.75) is 25.8 Å². The van der Waals surface area contributed by atoms with Gasteiger partial charge in [-0.05, 0) is 50.1 Å². The van der Waals surface area contributed by atoms with Crippen LogP contribution in [0.15, 0.2) is 48.9 Å². The predicted octanol–water partition coefficient (Wildman–Crippen LogP) is 3.88. The lowest BCUT2D eigenvalue weighted by Gasteiger charge is -2.35. The highest BCUT2D eigenvalue weighted by molar-refractivity contribution is 5.94. The van der Waals surface area contributed by atoms with E-state index in [2.05, 4.69) is 14.5 Å². The standard InChI is InChI=1S/C22H23FN4O2/c1-15-12-25-21(17-5-3-9-24-13-17)27(15)18-6-4-10-26(14-18)22(28)16-7-8-20(29-2)19(23)11-16/h3,5,7-9,11-13,18H,4,6,10,14H2,1-2H3. The molecular weight excluding hydrogens is 371 g/mol. The zero-order valence-electron chi connectivity index (χ0n) is 16.5. The number of pyridine rings is 1. The summed E-state index contributed by atoms with van der Waals surface area (Å²) in [7, 11) is 1.41. The van der Waals surface area contributed by atoms with Crippen LogP contribution >= 0.6 is 0 Å². The highest BCUT2D eigenvalue weighted by Crippen LogP contribution is 2.30. The van der Waals surface area contributed by atoms with Crippen LogP contribution in [0.3, 0.4) is 0 Å². The monoisotopic (exact) mass is 394 g/mol. The quantitative estimate of drug-likeness (QED) is 0.674. The summed E-state index contributed by atoms with van der Waals surface area (Å²) >= 11 is 0. The van der Waals surface area contributed by atoms with Gasteiger partial charge in [0.25, 0.3) is 5.91 Å². The van der Waals surface area contributed by atoms with Crippen molar-refractivity contribution in [1.29, 1.82) is 0 Å². The van der Waals surface area contributed by atoms with Gasteiger partial charge in [0.1, 0.15) is 5.82 Å². The molecular formula is C22H23FN4O2. The Labute approximate surface area is 169 Å². The minimum Gasteiger partial charge on any atom is -0.494 e. The van der Waals surface area contributed by atoms with Crippen molar-refractivity contribution in [1.82, 2.24) is 19.4 Å². The smallest absolute Gasteiger partial charge is 0.254 e. The number of ether oxygens (including phenoxy) is 1. The van der Waals surface area contributed by atoms with Gasteiger partial charge in [-0.3, -0.25) is 9.78 Å². The zero-order chi connectivity index (χ0) is 20.4. The number of methoxy groups -OCH3 is 1. The fourth-order valence-electron chi connectivity index (χ4n) is 3.95. The van der Waals surface area contributed by atoms with Crippen molar-refractivity contribution in [2.24, 2.45) is 0 Å². The Bertz CT molecular complexity index is 1020. The first-order chi connectivity index (χ1) is 14.1. The summed E-state index contributed by atoms with van der Waals surface area (Å²) < 4.78 is 21.2. The summed E-state index contributed by atoms with van der Waals surface area (Å²) in [5, 5.41) is 0. The van der Waals surface area contributed by atoms with Crippen molar-refractivity contribution in [2.75, 3.05) is 20.2 Å². The van der Waals surface area contributed by atoms with Crippen molar-refractivity contribution < 1.29 is 13.9 Å². The van der Waals surface area contributed by atoms with Crippen molar-refractivity contribution in [3.63, 3.8) is 0 Å². The summed E-state index contributed by atoms with van der Waals surface area (Å²) in [5.41, 5.74) is 2.32. The lowest BCUT2D eigenvalue weighted by Crippen LogP contribution is -2.41. The van der Waals surface area contributed by atoms with Crippen LogP contribution in [-0.2, 0) is 0 Å². The van der Waals surface area contributed by atoms with E-state index < -0.39 is 5.82 Å². The Balaban J connectivity index is 1.59. The maximum absolute atomic E-state index is 14.1. The lowest BCUT2D eigenvalue weighted by molar-refractivity contribution is 0.0678. The molecule has 1 unspecified atom stereocenters. The first-order valence-electron chi connectivity index (χ1n) is 9.65. The Morgan fingerprint density at radius 1 is 1.28 bits per heavy atom. The molecule has 0 aliphatic carbocycles. The maximum atomic E-state index is 14.1. The zero-order valence-corrected chi connectivity index (χ0v) is 16.5. The van der Waals surface area contributed by atoms with Gasteiger partial charge in [-0.2, -0.15) is 0 Å². The summed E-state index contributed by atoms with van der Waals surface area (Å²) in [6.07, 6.45) is 7.20. The molecule has 0 radical (unpaired) electrons. The number of carbonyl (C=O) groups excluding carboxylic acids is 1. The molecule has 2 aromatic heterocycles. The summed E-state index contributed by atoms with van der Waals surface area (Å²) in [6.45, 7) is 3.22. The third-order valence-corrected chi connectivity index (χ3v) is 5.35. The molecule has 4 rings (SSSR count). The Morgan fingerprint density at radius 3 is 2.86 bits per heavy atom. The number of hydrogen-bond acceptors (Lipinski definition) is 4. The number of likely N-dealkylation sites (tertiary alicyclic amines) is 1. The van der Waals surface area contributed by atoms with E-state index in [1.807, 2.05) is 25.3 Å². The van der Waals surface area contributed by atoms with Crippen molar-refractivity contribution in [3.05, 3.63) is 66.0 Å². The number of aryl methyl sites for hydroxylation is 1.